The van der Waals surface area contributed by atoms with Gasteiger partial charge in [-0.3, -0.25) is 4.79 Å². The monoisotopic (exact) mass is 329 g/mol. The van der Waals surface area contributed by atoms with Crippen LogP contribution in [-0.4, -0.2) is 17.0 Å². The normalized spacial score (nSPS) is 15.1. The summed E-state index contributed by atoms with van der Waals surface area (Å²) in [6.45, 7) is 0. The van der Waals surface area contributed by atoms with Gasteiger partial charge in [0.2, 0.25) is 5.91 Å². The molecule has 1 fully saturated rings. The molecular formula is C18H19NO3S. The second-order valence-electron chi connectivity index (χ2n) is 5.90. The van der Waals surface area contributed by atoms with Crippen LogP contribution in [0, 0.1) is 5.92 Å². The zero-order valence-electron chi connectivity index (χ0n) is 12.7. The Morgan fingerprint density at radius 2 is 1.96 bits per heavy atom. The summed E-state index contributed by atoms with van der Waals surface area (Å²) < 4.78 is 0. The molecule has 0 aliphatic heterocycles. The summed E-state index contributed by atoms with van der Waals surface area (Å²) in [6, 6.07) is 11.0. The average Bonchev–Trinajstić information content (AvgIpc) is 3.25. The van der Waals surface area contributed by atoms with Crippen LogP contribution in [0.3, 0.4) is 0 Å². The van der Waals surface area contributed by atoms with Crippen molar-refractivity contribution in [2.75, 3.05) is 0 Å². The Labute approximate surface area is 139 Å². The standard InChI is InChI=1S/C18H19NO3S/c20-16(10-5-12-3-6-14(7-4-12)18(21)22)19-17(13-8-9-13)15-2-1-11-23-15/h1-4,6-7,11,13,17H,5,8-10H2,(H,19,20)(H,21,22). The van der Waals surface area contributed by atoms with Crippen LogP contribution < -0.4 is 5.32 Å². The van der Waals surface area contributed by atoms with Gasteiger partial charge >= 0.3 is 5.97 Å². The van der Waals surface area contributed by atoms with E-state index in [1.807, 2.05) is 11.4 Å². The number of carbonyl (C=O) groups is 2. The van der Waals surface area contributed by atoms with Crippen LogP contribution in [-0.2, 0) is 11.2 Å². The Bertz CT molecular complexity index is 675. The lowest BCUT2D eigenvalue weighted by atomic mass is 10.1. The van der Waals surface area contributed by atoms with Gasteiger partial charge in [-0.2, -0.15) is 0 Å². The van der Waals surface area contributed by atoms with Crippen molar-refractivity contribution in [1.82, 2.24) is 5.32 Å². The molecule has 5 heteroatoms. The van der Waals surface area contributed by atoms with Crippen LogP contribution in [0.25, 0.3) is 0 Å². The maximum absolute atomic E-state index is 12.2. The van der Waals surface area contributed by atoms with Gasteiger partial charge in [-0.25, -0.2) is 4.79 Å². The van der Waals surface area contributed by atoms with Gasteiger partial charge < -0.3 is 10.4 Å². The summed E-state index contributed by atoms with van der Waals surface area (Å²) in [5.74, 6) is -0.303. The van der Waals surface area contributed by atoms with Crippen molar-refractivity contribution < 1.29 is 14.7 Å². The van der Waals surface area contributed by atoms with E-state index < -0.39 is 5.97 Å². The van der Waals surface area contributed by atoms with Gasteiger partial charge in [0.05, 0.1) is 11.6 Å². The summed E-state index contributed by atoms with van der Waals surface area (Å²) in [5.41, 5.74) is 1.24. The highest BCUT2D eigenvalue weighted by molar-refractivity contribution is 7.10. The molecule has 1 heterocycles. The van der Waals surface area contributed by atoms with Crippen molar-refractivity contribution in [3.05, 3.63) is 57.8 Å². The molecule has 1 amide bonds. The number of aromatic carboxylic acids is 1. The number of carboxylic acids is 1. The van der Waals surface area contributed by atoms with E-state index in [0.29, 0.717) is 18.8 Å². The fourth-order valence-electron chi connectivity index (χ4n) is 2.64. The van der Waals surface area contributed by atoms with Gasteiger partial charge in [-0.1, -0.05) is 18.2 Å². The lowest BCUT2D eigenvalue weighted by Crippen LogP contribution is -2.29. The molecule has 1 atom stereocenters. The van der Waals surface area contributed by atoms with Crippen molar-refractivity contribution in [2.24, 2.45) is 5.92 Å². The lowest BCUT2D eigenvalue weighted by molar-refractivity contribution is -0.121. The van der Waals surface area contributed by atoms with Gasteiger partial charge in [-0.05, 0) is 54.3 Å². The number of thiophene rings is 1. The van der Waals surface area contributed by atoms with E-state index >= 15 is 0 Å². The van der Waals surface area contributed by atoms with Crippen LogP contribution in [0.4, 0.5) is 0 Å². The molecule has 23 heavy (non-hydrogen) atoms. The van der Waals surface area contributed by atoms with Crippen molar-refractivity contribution in [3.8, 4) is 0 Å². The van der Waals surface area contributed by atoms with E-state index in [-0.39, 0.29) is 17.5 Å². The van der Waals surface area contributed by atoms with E-state index in [1.165, 1.54) is 17.7 Å². The Hall–Kier alpha value is -2.14. The Balaban J connectivity index is 1.53. The van der Waals surface area contributed by atoms with Crippen LogP contribution in [0.1, 0.15) is 46.1 Å². The number of aryl methyl sites for hydroxylation is 1. The first-order chi connectivity index (χ1) is 11.1. The van der Waals surface area contributed by atoms with Crippen molar-refractivity contribution >= 4 is 23.2 Å². The zero-order valence-corrected chi connectivity index (χ0v) is 13.5. The minimum absolute atomic E-state index is 0.0533. The third-order valence-corrected chi connectivity index (χ3v) is 5.06. The van der Waals surface area contributed by atoms with E-state index in [0.717, 1.165) is 5.56 Å². The molecule has 120 valence electrons. The molecule has 3 rings (SSSR count). The number of rotatable bonds is 7. The highest BCUT2D eigenvalue weighted by Gasteiger charge is 2.33. The van der Waals surface area contributed by atoms with Crippen molar-refractivity contribution in [3.63, 3.8) is 0 Å². The predicted octanol–water partition coefficient (Wildman–Crippen LogP) is 3.65. The number of carbonyl (C=O) groups excluding carboxylic acids is 1. The lowest BCUT2D eigenvalue weighted by Gasteiger charge is -2.17. The first-order valence-electron chi connectivity index (χ1n) is 7.78. The van der Waals surface area contributed by atoms with E-state index in [9.17, 15) is 9.59 Å². The summed E-state index contributed by atoms with van der Waals surface area (Å²) >= 11 is 1.69. The number of hydrogen-bond donors (Lipinski definition) is 2. The third-order valence-electron chi connectivity index (χ3n) is 4.10. The van der Waals surface area contributed by atoms with Gasteiger partial charge in [0.15, 0.2) is 0 Å². The first kappa shape index (κ1) is 15.7. The maximum atomic E-state index is 12.2. The number of nitrogens with one attached hydrogen (secondary N) is 1. The molecule has 2 aromatic rings. The van der Waals surface area contributed by atoms with Crippen LogP contribution in [0.15, 0.2) is 41.8 Å². The Morgan fingerprint density at radius 1 is 1.22 bits per heavy atom. The Kier molecular flexibility index (Phi) is 4.76. The van der Waals surface area contributed by atoms with Crippen molar-refractivity contribution in [2.45, 2.75) is 31.7 Å². The molecule has 1 aromatic heterocycles. The summed E-state index contributed by atoms with van der Waals surface area (Å²) in [5, 5.41) is 14.1. The summed E-state index contributed by atoms with van der Waals surface area (Å²) in [7, 11) is 0. The van der Waals surface area contributed by atoms with E-state index in [2.05, 4.69) is 11.4 Å². The molecule has 0 bridgehead atoms. The summed E-state index contributed by atoms with van der Waals surface area (Å²) in [6.07, 6.45) is 3.40. The van der Waals surface area contributed by atoms with Crippen LogP contribution in [0.2, 0.25) is 0 Å². The minimum atomic E-state index is -0.933. The highest BCUT2D eigenvalue weighted by Crippen LogP contribution is 2.42. The molecule has 1 unspecified atom stereocenters. The summed E-state index contributed by atoms with van der Waals surface area (Å²) in [4.78, 5) is 24.3. The largest absolute Gasteiger partial charge is 0.478 e. The molecule has 1 aromatic carbocycles. The fraction of sp³-hybridized carbons (Fsp3) is 0.333. The Morgan fingerprint density at radius 3 is 2.52 bits per heavy atom. The van der Waals surface area contributed by atoms with E-state index in [4.69, 9.17) is 5.11 Å². The highest BCUT2D eigenvalue weighted by atomic mass is 32.1. The number of carboxylic acid groups (broad SMARTS) is 1. The van der Waals surface area contributed by atoms with Crippen molar-refractivity contribution in [1.29, 1.82) is 0 Å². The predicted molar refractivity (Wildman–Crippen MR) is 89.6 cm³/mol. The fourth-order valence-corrected chi connectivity index (χ4v) is 3.51. The average molecular weight is 329 g/mol. The molecule has 0 radical (unpaired) electrons. The van der Waals surface area contributed by atoms with Crippen LogP contribution >= 0.6 is 11.3 Å². The second kappa shape index (κ2) is 6.96. The molecule has 0 saturated heterocycles. The van der Waals surface area contributed by atoms with Gasteiger partial charge in [0.1, 0.15) is 0 Å². The first-order valence-corrected chi connectivity index (χ1v) is 8.66. The zero-order chi connectivity index (χ0) is 16.2. The number of amides is 1. The molecule has 1 aliphatic rings. The molecular weight excluding hydrogens is 310 g/mol. The number of hydrogen-bond acceptors (Lipinski definition) is 3. The minimum Gasteiger partial charge on any atom is -0.478 e. The van der Waals surface area contributed by atoms with Gasteiger partial charge in [0.25, 0.3) is 0 Å². The second-order valence-corrected chi connectivity index (χ2v) is 6.88. The molecule has 1 saturated carbocycles. The van der Waals surface area contributed by atoms with Crippen LogP contribution in [0.5, 0.6) is 0 Å². The van der Waals surface area contributed by atoms with E-state index in [1.54, 1.807) is 35.6 Å². The number of benzene rings is 1. The SMILES string of the molecule is O=C(CCc1ccc(C(=O)O)cc1)NC(c1cccs1)C1CC1. The molecule has 0 spiro atoms. The molecule has 2 N–H and O–H groups in total. The van der Waals surface area contributed by atoms with Gasteiger partial charge in [-0.15, -0.1) is 11.3 Å². The third kappa shape index (κ3) is 4.20. The topological polar surface area (TPSA) is 66.4 Å². The maximum Gasteiger partial charge on any atom is 0.335 e. The molecule has 1 aliphatic carbocycles. The van der Waals surface area contributed by atoms with Gasteiger partial charge in [0, 0.05) is 11.3 Å². The molecule has 4 nitrogen and oxygen atoms in total. The smallest absolute Gasteiger partial charge is 0.335 e. The quantitative estimate of drug-likeness (QED) is 0.815.